The van der Waals surface area contributed by atoms with Crippen LogP contribution in [0.1, 0.15) is 39.6 Å². The number of carbonyl (C=O) groups excluding carboxylic acids is 3. The highest BCUT2D eigenvalue weighted by Gasteiger charge is 2.12. The first-order chi connectivity index (χ1) is 15.5. The van der Waals surface area contributed by atoms with Gasteiger partial charge in [-0.1, -0.05) is 42.5 Å². The van der Waals surface area contributed by atoms with Gasteiger partial charge in [0, 0.05) is 19.0 Å². The third kappa shape index (κ3) is 7.09. The van der Waals surface area contributed by atoms with Crippen molar-refractivity contribution in [2.24, 2.45) is 0 Å². The van der Waals surface area contributed by atoms with Crippen molar-refractivity contribution >= 4 is 17.7 Å². The van der Waals surface area contributed by atoms with Crippen LogP contribution in [0.15, 0.2) is 78.9 Å². The number of ether oxygens (including phenoxy) is 2. The minimum absolute atomic E-state index is 0.0445. The molecular weight excluding hydrogens is 406 g/mol. The van der Waals surface area contributed by atoms with Crippen LogP contribution < -0.4 is 10.1 Å². The Kier molecular flexibility index (Phi) is 8.15. The van der Waals surface area contributed by atoms with Gasteiger partial charge in [-0.25, -0.2) is 4.79 Å². The third-order valence-electron chi connectivity index (χ3n) is 4.70. The van der Waals surface area contributed by atoms with Crippen molar-refractivity contribution in [1.29, 1.82) is 0 Å². The molecule has 0 fully saturated rings. The normalized spacial score (nSPS) is 10.3. The molecule has 6 nitrogen and oxygen atoms in total. The smallest absolute Gasteiger partial charge is 0.338 e. The minimum atomic E-state index is -0.570. The molecule has 0 radical (unpaired) electrons. The summed E-state index contributed by atoms with van der Waals surface area (Å²) in [5.74, 6) is 0.413. The molecule has 1 N–H and O–H groups in total. The molecule has 0 heterocycles. The molecule has 0 aliphatic rings. The summed E-state index contributed by atoms with van der Waals surface area (Å²) in [6.45, 7) is 1.77. The van der Waals surface area contributed by atoms with Gasteiger partial charge in [-0.15, -0.1) is 0 Å². The number of benzene rings is 3. The Hall–Kier alpha value is -3.93. The molecule has 0 unspecified atom stereocenters. The van der Waals surface area contributed by atoms with Crippen LogP contribution in [0.25, 0.3) is 0 Å². The summed E-state index contributed by atoms with van der Waals surface area (Å²) >= 11 is 0. The van der Waals surface area contributed by atoms with E-state index in [0.717, 1.165) is 18.4 Å². The van der Waals surface area contributed by atoms with Crippen molar-refractivity contribution in [1.82, 2.24) is 5.32 Å². The fourth-order valence-electron chi connectivity index (χ4n) is 3.00. The average Bonchev–Trinajstić information content (AvgIpc) is 2.81. The molecule has 0 bridgehead atoms. The molecule has 3 rings (SSSR count). The molecule has 0 aliphatic carbocycles. The van der Waals surface area contributed by atoms with Crippen molar-refractivity contribution in [3.8, 4) is 11.5 Å². The Morgan fingerprint density at radius 3 is 2.06 bits per heavy atom. The molecule has 6 heteroatoms. The van der Waals surface area contributed by atoms with E-state index in [0.29, 0.717) is 29.2 Å². The first-order valence-corrected chi connectivity index (χ1v) is 10.4. The maximum Gasteiger partial charge on any atom is 0.338 e. The molecule has 3 aromatic rings. The predicted molar refractivity (Wildman–Crippen MR) is 121 cm³/mol. The van der Waals surface area contributed by atoms with Crippen LogP contribution in [0.4, 0.5) is 0 Å². The molecule has 0 atom stereocenters. The van der Waals surface area contributed by atoms with Gasteiger partial charge in [-0.05, 0) is 54.8 Å². The fraction of sp³-hybridized carbons (Fsp3) is 0.192. The molecule has 0 aromatic heterocycles. The lowest BCUT2D eigenvalue weighted by Gasteiger charge is -2.08. The summed E-state index contributed by atoms with van der Waals surface area (Å²) in [5.41, 5.74) is 1.89. The number of amides is 1. The highest BCUT2D eigenvalue weighted by molar-refractivity contribution is 5.99. The van der Waals surface area contributed by atoms with Crippen LogP contribution in [-0.2, 0) is 16.0 Å². The molecule has 1 amide bonds. The number of carbonyl (C=O) groups is 3. The lowest BCUT2D eigenvalue weighted by Crippen LogP contribution is -2.21. The number of esters is 1. The molecule has 3 aromatic carbocycles. The van der Waals surface area contributed by atoms with E-state index in [1.807, 2.05) is 42.5 Å². The lowest BCUT2D eigenvalue weighted by molar-refractivity contribution is -0.118. The quantitative estimate of drug-likeness (QED) is 0.289. The van der Waals surface area contributed by atoms with Gasteiger partial charge in [0.2, 0.25) is 5.91 Å². The fourth-order valence-corrected chi connectivity index (χ4v) is 3.00. The van der Waals surface area contributed by atoms with Gasteiger partial charge in [0.25, 0.3) is 0 Å². The van der Waals surface area contributed by atoms with E-state index >= 15 is 0 Å². The van der Waals surface area contributed by atoms with E-state index in [1.54, 1.807) is 36.4 Å². The van der Waals surface area contributed by atoms with Gasteiger partial charge in [0.15, 0.2) is 12.4 Å². The van der Waals surface area contributed by atoms with Gasteiger partial charge < -0.3 is 14.8 Å². The van der Waals surface area contributed by atoms with E-state index in [1.165, 1.54) is 6.92 Å². The van der Waals surface area contributed by atoms with E-state index in [-0.39, 0.29) is 18.3 Å². The number of aryl methyl sites for hydroxylation is 1. The molecule has 0 saturated heterocycles. The van der Waals surface area contributed by atoms with Crippen LogP contribution in [0.5, 0.6) is 11.5 Å². The average molecular weight is 431 g/mol. The third-order valence-corrected chi connectivity index (χ3v) is 4.70. The van der Waals surface area contributed by atoms with Crippen LogP contribution in [0.3, 0.4) is 0 Å². The zero-order chi connectivity index (χ0) is 22.8. The van der Waals surface area contributed by atoms with Crippen molar-refractivity contribution in [2.45, 2.75) is 19.8 Å². The Bertz CT molecular complexity index is 1040. The Labute approximate surface area is 187 Å². The maximum absolute atomic E-state index is 12.3. The maximum atomic E-state index is 12.3. The second-order valence-corrected chi connectivity index (χ2v) is 7.22. The SMILES string of the molecule is CC(=O)NCCCc1ccc(C(=O)COC(=O)c2ccc(Oc3ccccc3)cc2)cc1. The van der Waals surface area contributed by atoms with E-state index in [4.69, 9.17) is 9.47 Å². The van der Waals surface area contributed by atoms with E-state index in [9.17, 15) is 14.4 Å². The molecule has 32 heavy (non-hydrogen) atoms. The largest absolute Gasteiger partial charge is 0.457 e. The van der Waals surface area contributed by atoms with Gasteiger partial charge in [-0.3, -0.25) is 9.59 Å². The number of rotatable bonds is 10. The molecule has 164 valence electrons. The zero-order valence-corrected chi connectivity index (χ0v) is 17.9. The molecular formula is C26H25NO5. The number of Topliss-reactive ketones (excluding diaryl/α,β-unsaturated/α-hetero) is 1. The number of nitrogens with one attached hydrogen (secondary N) is 1. The number of ketones is 1. The number of para-hydroxylation sites is 1. The van der Waals surface area contributed by atoms with Crippen molar-refractivity contribution in [3.05, 3.63) is 95.6 Å². The lowest BCUT2D eigenvalue weighted by atomic mass is 10.1. The van der Waals surface area contributed by atoms with Crippen LogP contribution >= 0.6 is 0 Å². The summed E-state index contributed by atoms with van der Waals surface area (Å²) in [6.07, 6.45) is 1.62. The Balaban J connectivity index is 1.45. The van der Waals surface area contributed by atoms with E-state index in [2.05, 4.69) is 5.32 Å². The predicted octanol–water partition coefficient (Wildman–Crippen LogP) is 4.59. The number of hydrogen-bond acceptors (Lipinski definition) is 5. The second kappa shape index (κ2) is 11.5. The monoisotopic (exact) mass is 431 g/mol. The van der Waals surface area contributed by atoms with Crippen LogP contribution in [0, 0.1) is 0 Å². The van der Waals surface area contributed by atoms with Crippen molar-refractivity contribution in [2.75, 3.05) is 13.2 Å². The van der Waals surface area contributed by atoms with Gasteiger partial charge in [0.1, 0.15) is 11.5 Å². The van der Waals surface area contributed by atoms with E-state index < -0.39 is 5.97 Å². The first kappa shape index (κ1) is 22.7. The standard InChI is InChI=1S/C26H25NO5/c1-19(28)27-17-5-6-20-9-11-21(12-10-20)25(29)18-31-26(30)22-13-15-24(16-14-22)32-23-7-3-2-4-8-23/h2-4,7-16H,5-6,17-18H2,1H3,(H,27,28). The topological polar surface area (TPSA) is 81.7 Å². The summed E-state index contributed by atoms with van der Waals surface area (Å²) < 4.78 is 10.9. The van der Waals surface area contributed by atoms with Crippen LogP contribution in [-0.4, -0.2) is 30.8 Å². The Morgan fingerprint density at radius 1 is 0.781 bits per heavy atom. The zero-order valence-electron chi connectivity index (χ0n) is 17.9. The summed E-state index contributed by atoms with van der Waals surface area (Å²) in [4.78, 5) is 35.5. The van der Waals surface area contributed by atoms with Gasteiger partial charge in [0.05, 0.1) is 5.56 Å². The van der Waals surface area contributed by atoms with Crippen LogP contribution in [0.2, 0.25) is 0 Å². The number of hydrogen-bond donors (Lipinski definition) is 1. The highest BCUT2D eigenvalue weighted by atomic mass is 16.5. The van der Waals surface area contributed by atoms with Gasteiger partial charge >= 0.3 is 5.97 Å². The van der Waals surface area contributed by atoms with Crippen molar-refractivity contribution < 1.29 is 23.9 Å². The first-order valence-electron chi connectivity index (χ1n) is 10.4. The summed E-state index contributed by atoms with van der Waals surface area (Å²) in [5, 5.41) is 2.75. The minimum Gasteiger partial charge on any atom is -0.457 e. The van der Waals surface area contributed by atoms with Gasteiger partial charge in [-0.2, -0.15) is 0 Å². The Morgan fingerprint density at radius 2 is 1.41 bits per heavy atom. The highest BCUT2D eigenvalue weighted by Crippen LogP contribution is 2.21. The molecule has 0 saturated carbocycles. The molecule has 0 aliphatic heterocycles. The second-order valence-electron chi connectivity index (χ2n) is 7.22. The summed E-state index contributed by atoms with van der Waals surface area (Å²) in [6, 6.07) is 23.1. The van der Waals surface area contributed by atoms with Crippen molar-refractivity contribution in [3.63, 3.8) is 0 Å². The summed E-state index contributed by atoms with van der Waals surface area (Å²) in [7, 11) is 0. The molecule has 0 spiro atoms.